The van der Waals surface area contributed by atoms with Gasteiger partial charge in [0.15, 0.2) is 5.69 Å². The number of hydrogen-bond acceptors (Lipinski definition) is 6. The Bertz CT molecular complexity index is 1210. The van der Waals surface area contributed by atoms with Crippen LogP contribution in [-0.2, 0) is 22.6 Å². The van der Waals surface area contributed by atoms with Gasteiger partial charge in [0.25, 0.3) is 5.91 Å². The predicted molar refractivity (Wildman–Crippen MR) is 125 cm³/mol. The standard InChI is InChI=1S/C25H26N4O5/c1-4-34-19-12-10-18(11-13-19)29-22(30)21-20(23(31)33-3)27-16-28(21)15-25(29,2)24(32)26-14-17-8-6-5-7-9-17/h5-13,16H,4,14-15H2,1-3H3,(H,26,32). The van der Waals surface area contributed by atoms with E-state index in [0.29, 0.717) is 24.6 Å². The van der Waals surface area contributed by atoms with E-state index >= 15 is 0 Å². The Morgan fingerprint density at radius 1 is 1.12 bits per heavy atom. The molecule has 2 aromatic carbocycles. The van der Waals surface area contributed by atoms with Crippen LogP contribution in [0.1, 0.15) is 40.4 Å². The number of aromatic nitrogens is 2. The summed E-state index contributed by atoms with van der Waals surface area (Å²) in [5.74, 6) is -0.930. The van der Waals surface area contributed by atoms with Crippen LogP contribution in [0.2, 0.25) is 0 Å². The number of carbonyl (C=O) groups is 3. The molecule has 0 saturated heterocycles. The first kappa shape index (κ1) is 23.0. The maximum Gasteiger partial charge on any atom is 0.359 e. The molecule has 0 spiro atoms. The Morgan fingerprint density at radius 2 is 1.82 bits per heavy atom. The number of hydrogen-bond donors (Lipinski definition) is 1. The molecule has 0 fully saturated rings. The molecule has 0 radical (unpaired) electrons. The number of carbonyl (C=O) groups excluding carboxylic acids is 3. The van der Waals surface area contributed by atoms with Crippen molar-refractivity contribution in [2.75, 3.05) is 18.6 Å². The van der Waals surface area contributed by atoms with Gasteiger partial charge in [0, 0.05) is 12.2 Å². The summed E-state index contributed by atoms with van der Waals surface area (Å²) in [6, 6.07) is 16.4. The van der Waals surface area contributed by atoms with Gasteiger partial charge in [-0.3, -0.25) is 14.5 Å². The molecule has 1 aliphatic heterocycles. The maximum absolute atomic E-state index is 13.8. The molecule has 0 aliphatic carbocycles. The minimum absolute atomic E-state index is 0.0778. The van der Waals surface area contributed by atoms with Crippen LogP contribution < -0.4 is 15.0 Å². The molecule has 1 N–H and O–H groups in total. The molecule has 0 bridgehead atoms. The second-order valence-corrected chi connectivity index (χ2v) is 8.07. The number of benzene rings is 2. The summed E-state index contributed by atoms with van der Waals surface area (Å²) in [6.07, 6.45) is 1.39. The van der Waals surface area contributed by atoms with Gasteiger partial charge < -0.3 is 19.4 Å². The van der Waals surface area contributed by atoms with Crippen LogP contribution in [0.3, 0.4) is 0 Å². The maximum atomic E-state index is 13.8. The lowest BCUT2D eigenvalue weighted by Gasteiger charge is -2.43. The molecule has 3 aromatic rings. The minimum Gasteiger partial charge on any atom is -0.494 e. The van der Waals surface area contributed by atoms with E-state index in [1.807, 2.05) is 37.3 Å². The van der Waals surface area contributed by atoms with Crippen LogP contribution in [0, 0.1) is 0 Å². The zero-order chi connectivity index (χ0) is 24.3. The van der Waals surface area contributed by atoms with Crippen molar-refractivity contribution in [2.45, 2.75) is 32.5 Å². The normalized spacial score (nSPS) is 17.1. The molecular formula is C25H26N4O5. The van der Waals surface area contributed by atoms with Crippen LogP contribution in [0.25, 0.3) is 0 Å². The highest BCUT2D eigenvalue weighted by Gasteiger charge is 2.49. The van der Waals surface area contributed by atoms with Crippen molar-refractivity contribution in [1.82, 2.24) is 14.9 Å². The molecule has 0 saturated carbocycles. The molecule has 9 nitrogen and oxygen atoms in total. The Hall–Kier alpha value is -4.14. The van der Waals surface area contributed by atoms with Crippen LogP contribution in [-0.4, -0.2) is 46.6 Å². The Balaban J connectivity index is 1.74. The third kappa shape index (κ3) is 4.12. The summed E-state index contributed by atoms with van der Waals surface area (Å²) >= 11 is 0. The number of esters is 1. The van der Waals surface area contributed by atoms with Crippen LogP contribution >= 0.6 is 0 Å². The van der Waals surface area contributed by atoms with Crippen molar-refractivity contribution in [3.05, 3.63) is 77.9 Å². The quantitative estimate of drug-likeness (QED) is 0.542. The Kier molecular flexibility index (Phi) is 6.36. The summed E-state index contributed by atoms with van der Waals surface area (Å²) in [4.78, 5) is 45.1. The van der Waals surface area contributed by atoms with Gasteiger partial charge >= 0.3 is 5.97 Å². The summed E-state index contributed by atoms with van der Waals surface area (Å²) in [5.41, 5.74) is 0.129. The van der Waals surface area contributed by atoms with E-state index in [2.05, 4.69) is 10.3 Å². The number of fused-ring (bicyclic) bond motifs is 1. The number of methoxy groups -OCH3 is 1. The molecule has 1 unspecified atom stereocenters. The van der Waals surface area contributed by atoms with E-state index in [-0.39, 0.29) is 23.8 Å². The number of nitrogens with one attached hydrogen (secondary N) is 1. The fourth-order valence-electron chi connectivity index (χ4n) is 4.11. The van der Waals surface area contributed by atoms with Crippen molar-refractivity contribution in [1.29, 1.82) is 0 Å². The zero-order valence-electron chi connectivity index (χ0n) is 19.3. The SMILES string of the molecule is CCOc1ccc(N2C(=O)c3c(C(=O)OC)ncn3CC2(C)C(=O)NCc2ccccc2)cc1. The molecule has 1 aliphatic rings. The molecule has 176 valence electrons. The second kappa shape index (κ2) is 9.38. The lowest BCUT2D eigenvalue weighted by molar-refractivity contribution is -0.126. The van der Waals surface area contributed by atoms with Gasteiger partial charge in [0.1, 0.15) is 17.0 Å². The van der Waals surface area contributed by atoms with Crippen LogP contribution in [0.4, 0.5) is 5.69 Å². The van der Waals surface area contributed by atoms with Gasteiger partial charge in [-0.05, 0) is 43.7 Å². The highest BCUT2D eigenvalue weighted by atomic mass is 16.5. The van der Waals surface area contributed by atoms with E-state index < -0.39 is 17.4 Å². The topological polar surface area (TPSA) is 103 Å². The third-order valence-corrected chi connectivity index (χ3v) is 5.78. The zero-order valence-corrected chi connectivity index (χ0v) is 19.3. The van der Waals surface area contributed by atoms with Crippen molar-refractivity contribution in [2.24, 2.45) is 0 Å². The lowest BCUT2D eigenvalue weighted by Crippen LogP contribution is -2.64. The van der Waals surface area contributed by atoms with Crippen molar-refractivity contribution < 1.29 is 23.9 Å². The minimum atomic E-state index is -1.29. The number of amides is 2. The second-order valence-electron chi connectivity index (χ2n) is 8.07. The van der Waals surface area contributed by atoms with E-state index in [4.69, 9.17) is 9.47 Å². The van der Waals surface area contributed by atoms with E-state index in [1.165, 1.54) is 22.9 Å². The first-order chi connectivity index (χ1) is 16.4. The predicted octanol–water partition coefficient (Wildman–Crippen LogP) is 2.80. The van der Waals surface area contributed by atoms with Crippen LogP contribution in [0.15, 0.2) is 60.9 Å². The smallest absolute Gasteiger partial charge is 0.359 e. The van der Waals surface area contributed by atoms with Gasteiger partial charge in [-0.25, -0.2) is 9.78 Å². The summed E-state index contributed by atoms with van der Waals surface area (Å²) in [6.45, 7) is 4.49. The Morgan fingerprint density at radius 3 is 2.47 bits per heavy atom. The summed E-state index contributed by atoms with van der Waals surface area (Å²) in [7, 11) is 1.23. The molecule has 2 amide bonds. The number of ether oxygens (including phenoxy) is 2. The first-order valence-corrected chi connectivity index (χ1v) is 10.9. The molecule has 9 heteroatoms. The monoisotopic (exact) mass is 462 g/mol. The van der Waals surface area contributed by atoms with E-state index in [0.717, 1.165) is 5.56 Å². The molecule has 2 heterocycles. The highest BCUT2D eigenvalue weighted by Crippen LogP contribution is 2.34. The summed E-state index contributed by atoms with van der Waals surface area (Å²) < 4.78 is 11.8. The fourth-order valence-corrected chi connectivity index (χ4v) is 4.11. The van der Waals surface area contributed by atoms with Gasteiger partial charge in [0.05, 0.1) is 26.6 Å². The summed E-state index contributed by atoms with van der Waals surface area (Å²) in [5, 5.41) is 2.95. The molecule has 1 aromatic heterocycles. The average Bonchev–Trinajstić information content (AvgIpc) is 3.27. The van der Waals surface area contributed by atoms with Crippen molar-refractivity contribution in [3.63, 3.8) is 0 Å². The Labute approximate surface area is 197 Å². The van der Waals surface area contributed by atoms with Crippen molar-refractivity contribution >= 4 is 23.5 Å². The van der Waals surface area contributed by atoms with Crippen molar-refractivity contribution in [3.8, 4) is 5.75 Å². The fraction of sp³-hybridized carbons (Fsp3) is 0.280. The lowest BCUT2D eigenvalue weighted by atomic mass is 9.93. The number of nitrogens with zero attached hydrogens (tertiary/aromatic N) is 3. The van der Waals surface area contributed by atoms with Gasteiger partial charge in [-0.1, -0.05) is 30.3 Å². The number of imidazole rings is 1. The first-order valence-electron chi connectivity index (χ1n) is 10.9. The number of rotatable bonds is 7. The van der Waals surface area contributed by atoms with Crippen LogP contribution in [0.5, 0.6) is 5.75 Å². The van der Waals surface area contributed by atoms with Gasteiger partial charge in [0.2, 0.25) is 5.91 Å². The third-order valence-electron chi connectivity index (χ3n) is 5.78. The van der Waals surface area contributed by atoms with Gasteiger partial charge in [-0.2, -0.15) is 0 Å². The van der Waals surface area contributed by atoms with E-state index in [1.54, 1.807) is 31.2 Å². The largest absolute Gasteiger partial charge is 0.494 e. The molecule has 1 atom stereocenters. The average molecular weight is 463 g/mol. The highest BCUT2D eigenvalue weighted by molar-refractivity contribution is 6.15. The molecule has 4 rings (SSSR count). The molecule has 34 heavy (non-hydrogen) atoms. The van der Waals surface area contributed by atoms with E-state index in [9.17, 15) is 14.4 Å². The molecular weight excluding hydrogens is 436 g/mol. The van der Waals surface area contributed by atoms with Gasteiger partial charge in [-0.15, -0.1) is 0 Å². The number of anilines is 1.